The molecular formula is C12H18N4O. The number of aromatic amines is 1. The molecule has 0 saturated carbocycles. The van der Waals surface area contributed by atoms with E-state index in [-0.39, 0.29) is 11.6 Å². The fourth-order valence-electron chi connectivity index (χ4n) is 2.77. The largest absolute Gasteiger partial charge is 0.317 e. The molecule has 1 atom stereocenters. The van der Waals surface area contributed by atoms with Gasteiger partial charge >= 0.3 is 0 Å². The lowest BCUT2D eigenvalue weighted by molar-refractivity contribution is 0.443. The molecule has 92 valence electrons. The topological polar surface area (TPSA) is 69.8 Å². The molecular weight excluding hydrogens is 216 g/mol. The zero-order valence-electron chi connectivity index (χ0n) is 10.0. The van der Waals surface area contributed by atoms with Crippen molar-refractivity contribution in [3.8, 4) is 0 Å². The van der Waals surface area contributed by atoms with Gasteiger partial charge in [-0.1, -0.05) is 0 Å². The summed E-state index contributed by atoms with van der Waals surface area (Å²) in [5.74, 6) is 1.29. The van der Waals surface area contributed by atoms with Crippen LogP contribution in [0.25, 0.3) is 0 Å². The molecule has 0 bridgehead atoms. The molecule has 3 N–H and O–H groups in total. The summed E-state index contributed by atoms with van der Waals surface area (Å²) >= 11 is 0. The van der Waals surface area contributed by atoms with E-state index in [1.807, 2.05) is 6.92 Å². The van der Waals surface area contributed by atoms with Gasteiger partial charge in [-0.2, -0.15) is 0 Å². The van der Waals surface area contributed by atoms with Crippen molar-refractivity contribution in [1.82, 2.24) is 20.6 Å². The SMILES string of the molecule is CC1NCc2nc(C3CCNCC3)[nH]c(=O)c21. The van der Waals surface area contributed by atoms with Gasteiger partial charge in [0.1, 0.15) is 5.82 Å². The van der Waals surface area contributed by atoms with Gasteiger partial charge in [0, 0.05) is 18.5 Å². The molecule has 2 aliphatic rings. The van der Waals surface area contributed by atoms with Gasteiger partial charge in [0.25, 0.3) is 5.56 Å². The van der Waals surface area contributed by atoms with E-state index in [0.717, 1.165) is 49.6 Å². The van der Waals surface area contributed by atoms with E-state index < -0.39 is 0 Å². The molecule has 17 heavy (non-hydrogen) atoms. The monoisotopic (exact) mass is 234 g/mol. The first-order chi connectivity index (χ1) is 8.25. The number of hydrogen-bond acceptors (Lipinski definition) is 4. The molecule has 5 heteroatoms. The van der Waals surface area contributed by atoms with Crippen molar-refractivity contribution >= 4 is 0 Å². The minimum atomic E-state index is 0.0426. The minimum absolute atomic E-state index is 0.0426. The average Bonchev–Trinajstić information content (AvgIpc) is 2.73. The van der Waals surface area contributed by atoms with Crippen molar-refractivity contribution in [2.45, 2.75) is 38.3 Å². The molecule has 0 aromatic carbocycles. The first-order valence-corrected chi connectivity index (χ1v) is 6.33. The Morgan fingerprint density at radius 3 is 2.82 bits per heavy atom. The Balaban J connectivity index is 1.97. The molecule has 0 aliphatic carbocycles. The van der Waals surface area contributed by atoms with Crippen molar-refractivity contribution in [2.75, 3.05) is 13.1 Å². The standard InChI is InChI=1S/C12H18N4O/c1-7-10-9(6-14-7)15-11(16-12(10)17)8-2-4-13-5-3-8/h7-8,13-14H,2-6H2,1H3,(H,15,16,17). The molecule has 1 unspecified atom stereocenters. The maximum absolute atomic E-state index is 12.0. The van der Waals surface area contributed by atoms with Gasteiger partial charge in [-0.05, 0) is 32.9 Å². The second-order valence-corrected chi connectivity index (χ2v) is 4.94. The molecule has 0 spiro atoms. The smallest absolute Gasteiger partial charge is 0.255 e. The summed E-state index contributed by atoms with van der Waals surface area (Å²) in [7, 11) is 0. The molecule has 1 aromatic heterocycles. The summed E-state index contributed by atoms with van der Waals surface area (Å²) in [6, 6.07) is 0.128. The highest BCUT2D eigenvalue weighted by Gasteiger charge is 2.26. The number of piperidine rings is 1. The van der Waals surface area contributed by atoms with E-state index in [9.17, 15) is 4.79 Å². The highest BCUT2D eigenvalue weighted by atomic mass is 16.1. The Bertz CT molecular complexity index is 476. The first kappa shape index (κ1) is 10.9. The van der Waals surface area contributed by atoms with E-state index in [0.29, 0.717) is 5.92 Å². The second-order valence-electron chi connectivity index (χ2n) is 4.94. The van der Waals surface area contributed by atoms with Gasteiger partial charge in [-0.15, -0.1) is 0 Å². The Morgan fingerprint density at radius 2 is 2.06 bits per heavy atom. The van der Waals surface area contributed by atoms with Crippen molar-refractivity contribution in [3.05, 3.63) is 27.4 Å². The summed E-state index contributed by atoms with van der Waals surface area (Å²) in [5.41, 5.74) is 1.80. The number of H-pyrrole nitrogens is 1. The zero-order valence-corrected chi connectivity index (χ0v) is 10.0. The van der Waals surface area contributed by atoms with E-state index in [4.69, 9.17) is 0 Å². The van der Waals surface area contributed by atoms with Crippen molar-refractivity contribution < 1.29 is 0 Å². The van der Waals surface area contributed by atoms with Gasteiger partial charge in [0.15, 0.2) is 0 Å². The molecule has 5 nitrogen and oxygen atoms in total. The Labute approximate surface area is 100 Å². The maximum Gasteiger partial charge on any atom is 0.255 e. The van der Waals surface area contributed by atoms with Gasteiger partial charge < -0.3 is 15.6 Å². The Hall–Kier alpha value is -1.20. The van der Waals surface area contributed by atoms with Gasteiger partial charge in [0.05, 0.1) is 11.3 Å². The summed E-state index contributed by atoms with van der Waals surface area (Å²) < 4.78 is 0. The van der Waals surface area contributed by atoms with Crippen LogP contribution in [0, 0.1) is 0 Å². The van der Waals surface area contributed by atoms with Crippen LogP contribution in [-0.4, -0.2) is 23.1 Å². The molecule has 1 aromatic rings. The lowest BCUT2D eigenvalue weighted by atomic mass is 9.97. The van der Waals surface area contributed by atoms with Crippen LogP contribution >= 0.6 is 0 Å². The molecule has 0 amide bonds. The first-order valence-electron chi connectivity index (χ1n) is 6.33. The van der Waals surface area contributed by atoms with Crippen molar-refractivity contribution in [2.24, 2.45) is 0 Å². The van der Waals surface area contributed by atoms with Crippen LogP contribution in [0.4, 0.5) is 0 Å². The molecule has 3 heterocycles. The van der Waals surface area contributed by atoms with Gasteiger partial charge in [-0.25, -0.2) is 4.98 Å². The minimum Gasteiger partial charge on any atom is -0.317 e. The highest BCUT2D eigenvalue weighted by molar-refractivity contribution is 5.26. The molecule has 3 rings (SSSR count). The number of rotatable bonds is 1. The second kappa shape index (κ2) is 4.23. The van der Waals surface area contributed by atoms with E-state index >= 15 is 0 Å². The average molecular weight is 234 g/mol. The summed E-state index contributed by atoms with van der Waals surface area (Å²) in [4.78, 5) is 19.6. The van der Waals surface area contributed by atoms with Crippen molar-refractivity contribution in [3.63, 3.8) is 0 Å². The Morgan fingerprint density at radius 1 is 1.29 bits per heavy atom. The normalized spacial score (nSPS) is 24.9. The highest BCUT2D eigenvalue weighted by Crippen LogP contribution is 2.24. The third kappa shape index (κ3) is 1.89. The lowest BCUT2D eigenvalue weighted by Gasteiger charge is -2.22. The zero-order chi connectivity index (χ0) is 11.8. The van der Waals surface area contributed by atoms with Crippen LogP contribution in [-0.2, 0) is 6.54 Å². The van der Waals surface area contributed by atoms with Crippen molar-refractivity contribution in [1.29, 1.82) is 0 Å². The fourth-order valence-corrected chi connectivity index (χ4v) is 2.77. The third-order valence-corrected chi connectivity index (χ3v) is 3.79. The lowest BCUT2D eigenvalue weighted by Crippen LogP contribution is -2.29. The van der Waals surface area contributed by atoms with Crippen LogP contribution in [0.3, 0.4) is 0 Å². The van der Waals surface area contributed by atoms with E-state index in [1.54, 1.807) is 0 Å². The van der Waals surface area contributed by atoms with Crippen LogP contribution in [0.5, 0.6) is 0 Å². The quantitative estimate of drug-likeness (QED) is 0.658. The summed E-state index contributed by atoms with van der Waals surface area (Å²) in [5, 5.41) is 6.59. The van der Waals surface area contributed by atoms with Crippen LogP contribution in [0.1, 0.15) is 48.8 Å². The number of nitrogens with one attached hydrogen (secondary N) is 3. The number of fused-ring (bicyclic) bond motifs is 1. The Kier molecular flexibility index (Phi) is 2.72. The fraction of sp³-hybridized carbons (Fsp3) is 0.667. The predicted octanol–water partition coefficient (Wildman–Crippen LogP) is 0.401. The number of nitrogens with zero attached hydrogens (tertiary/aromatic N) is 1. The van der Waals surface area contributed by atoms with Crippen LogP contribution in [0.15, 0.2) is 4.79 Å². The predicted molar refractivity (Wildman–Crippen MR) is 65.0 cm³/mol. The third-order valence-electron chi connectivity index (χ3n) is 3.79. The summed E-state index contributed by atoms with van der Waals surface area (Å²) in [6.07, 6.45) is 2.12. The molecule has 0 radical (unpaired) electrons. The molecule has 2 aliphatic heterocycles. The van der Waals surface area contributed by atoms with Crippen LogP contribution < -0.4 is 16.2 Å². The summed E-state index contributed by atoms with van der Waals surface area (Å²) in [6.45, 7) is 4.76. The number of hydrogen-bond donors (Lipinski definition) is 3. The number of aromatic nitrogens is 2. The molecule has 1 saturated heterocycles. The van der Waals surface area contributed by atoms with E-state index in [1.165, 1.54) is 0 Å². The van der Waals surface area contributed by atoms with Gasteiger partial charge in [0.2, 0.25) is 0 Å². The van der Waals surface area contributed by atoms with E-state index in [2.05, 4.69) is 20.6 Å². The van der Waals surface area contributed by atoms with Crippen LogP contribution in [0.2, 0.25) is 0 Å². The maximum atomic E-state index is 12.0. The van der Waals surface area contributed by atoms with Gasteiger partial charge in [-0.3, -0.25) is 4.79 Å². The molecule has 1 fully saturated rings.